The third kappa shape index (κ3) is 2.26. The number of fused-ring (bicyclic) bond motifs is 1. The van der Waals surface area contributed by atoms with Gasteiger partial charge in [0.2, 0.25) is 0 Å². The van der Waals surface area contributed by atoms with E-state index < -0.39 is 0 Å². The monoisotopic (exact) mass is 294 g/mol. The lowest BCUT2D eigenvalue weighted by atomic mass is 10.2. The molecule has 0 unspecified atom stereocenters. The number of hydrogen-bond donors (Lipinski definition) is 2. The fourth-order valence-corrected chi connectivity index (χ4v) is 2.95. The zero-order valence-electron chi connectivity index (χ0n) is 12.5. The lowest BCUT2D eigenvalue weighted by Gasteiger charge is -2.16. The van der Waals surface area contributed by atoms with Crippen LogP contribution >= 0.6 is 0 Å². The molecule has 3 aromatic rings. The topological polar surface area (TPSA) is 69.7 Å². The fraction of sp³-hybridized carbons (Fsp3) is 0.312. The Morgan fingerprint density at radius 2 is 2.00 bits per heavy atom. The molecule has 1 aliphatic heterocycles. The van der Waals surface area contributed by atoms with Crippen molar-refractivity contribution in [2.24, 2.45) is 0 Å². The van der Waals surface area contributed by atoms with Gasteiger partial charge in [-0.1, -0.05) is 0 Å². The molecule has 0 bridgehead atoms. The highest BCUT2D eigenvalue weighted by Gasteiger charge is 2.13. The summed E-state index contributed by atoms with van der Waals surface area (Å²) in [5.41, 5.74) is 2.85. The van der Waals surface area contributed by atoms with Crippen molar-refractivity contribution in [3.63, 3.8) is 0 Å². The van der Waals surface area contributed by atoms with E-state index in [-0.39, 0.29) is 0 Å². The molecule has 4 rings (SSSR count). The van der Waals surface area contributed by atoms with Gasteiger partial charge >= 0.3 is 0 Å². The van der Waals surface area contributed by atoms with Crippen LogP contribution in [0.2, 0.25) is 0 Å². The van der Waals surface area contributed by atoms with Gasteiger partial charge in [-0.05, 0) is 38.0 Å². The van der Waals surface area contributed by atoms with E-state index in [2.05, 4.69) is 42.5 Å². The Morgan fingerprint density at radius 1 is 1.14 bits per heavy atom. The Hall–Kier alpha value is -2.63. The smallest absolute Gasteiger partial charge is 0.141 e. The van der Waals surface area contributed by atoms with Crippen molar-refractivity contribution in [1.29, 1.82) is 0 Å². The second kappa shape index (κ2) is 5.29. The number of pyridine rings is 2. The number of aromatic amines is 1. The first-order valence-corrected chi connectivity index (χ1v) is 7.59. The van der Waals surface area contributed by atoms with E-state index in [1.165, 1.54) is 12.8 Å². The maximum absolute atomic E-state index is 4.56. The standard InChI is InChI=1S/C16H18N6/c1-11-15-13(21-20-11)6-7-17-16(15)19-12-4-5-14(18-10-12)22-8-2-3-9-22/h4-7,10H,2-3,8-9H2,1H3,(H,17,19)(H,20,21). The quantitative estimate of drug-likeness (QED) is 0.777. The summed E-state index contributed by atoms with van der Waals surface area (Å²) < 4.78 is 0. The van der Waals surface area contributed by atoms with E-state index in [0.717, 1.165) is 47.0 Å². The minimum absolute atomic E-state index is 0.805. The second-order valence-electron chi connectivity index (χ2n) is 5.62. The molecule has 0 saturated carbocycles. The van der Waals surface area contributed by atoms with Crippen LogP contribution in [0.1, 0.15) is 18.5 Å². The molecule has 6 nitrogen and oxygen atoms in total. The summed E-state index contributed by atoms with van der Waals surface area (Å²) in [7, 11) is 0. The zero-order valence-corrected chi connectivity index (χ0v) is 12.5. The van der Waals surface area contributed by atoms with Crippen LogP contribution in [0.4, 0.5) is 17.3 Å². The second-order valence-corrected chi connectivity index (χ2v) is 5.62. The molecule has 1 aliphatic rings. The van der Waals surface area contributed by atoms with Gasteiger partial charge < -0.3 is 10.2 Å². The summed E-state index contributed by atoms with van der Waals surface area (Å²) in [4.78, 5) is 11.3. The van der Waals surface area contributed by atoms with Crippen LogP contribution in [0.25, 0.3) is 10.9 Å². The molecule has 1 saturated heterocycles. The van der Waals surface area contributed by atoms with Crippen LogP contribution < -0.4 is 10.2 Å². The highest BCUT2D eigenvalue weighted by atomic mass is 15.2. The summed E-state index contributed by atoms with van der Waals surface area (Å²) in [6.07, 6.45) is 6.15. The van der Waals surface area contributed by atoms with Gasteiger partial charge in [0.15, 0.2) is 0 Å². The molecule has 0 aromatic carbocycles. The van der Waals surface area contributed by atoms with Gasteiger partial charge in [-0.2, -0.15) is 5.10 Å². The van der Waals surface area contributed by atoms with E-state index in [9.17, 15) is 0 Å². The Balaban J connectivity index is 1.61. The minimum Gasteiger partial charge on any atom is -0.357 e. The van der Waals surface area contributed by atoms with Gasteiger partial charge in [0, 0.05) is 19.3 Å². The number of H-pyrrole nitrogens is 1. The van der Waals surface area contributed by atoms with Crippen LogP contribution in [0.3, 0.4) is 0 Å². The van der Waals surface area contributed by atoms with Crippen molar-refractivity contribution in [3.8, 4) is 0 Å². The molecule has 2 N–H and O–H groups in total. The normalized spacial score (nSPS) is 14.7. The predicted molar refractivity (Wildman–Crippen MR) is 87.6 cm³/mol. The Bertz CT molecular complexity index is 786. The van der Waals surface area contributed by atoms with Crippen molar-refractivity contribution in [2.45, 2.75) is 19.8 Å². The highest BCUT2D eigenvalue weighted by Crippen LogP contribution is 2.26. The Labute approximate surface area is 128 Å². The zero-order chi connectivity index (χ0) is 14.9. The molecule has 4 heterocycles. The number of hydrogen-bond acceptors (Lipinski definition) is 5. The molecule has 6 heteroatoms. The lowest BCUT2D eigenvalue weighted by molar-refractivity contribution is 0.938. The highest BCUT2D eigenvalue weighted by molar-refractivity contribution is 5.92. The number of nitrogens with zero attached hydrogens (tertiary/aromatic N) is 4. The SMILES string of the molecule is Cc1n[nH]c2ccnc(Nc3ccc(N4CCCC4)nc3)c12. The van der Waals surface area contributed by atoms with Crippen LogP contribution in [0.15, 0.2) is 30.6 Å². The maximum Gasteiger partial charge on any atom is 0.141 e. The molecule has 22 heavy (non-hydrogen) atoms. The summed E-state index contributed by atoms with van der Waals surface area (Å²) in [5.74, 6) is 1.85. The maximum atomic E-state index is 4.56. The molecule has 1 fully saturated rings. The molecule has 0 aliphatic carbocycles. The van der Waals surface area contributed by atoms with Crippen molar-refractivity contribution >= 4 is 28.2 Å². The molecular formula is C16H18N6. The van der Waals surface area contributed by atoms with Crippen molar-refractivity contribution in [1.82, 2.24) is 20.2 Å². The molecule has 3 aromatic heterocycles. The predicted octanol–water partition coefficient (Wildman–Crippen LogP) is 3.01. The van der Waals surface area contributed by atoms with Crippen molar-refractivity contribution in [2.75, 3.05) is 23.3 Å². The number of aromatic nitrogens is 4. The summed E-state index contributed by atoms with van der Waals surface area (Å²) in [5, 5.41) is 11.6. The molecular weight excluding hydrogens is 276 g/mol. The van der Waals surface area contributed by atoms with Crippen molar-refractivity contribution in [3.05, 3.63) is 36.3 Å². The first-order valence-electron chi connectivity index (χ1n) is 7.59. The van der Waals surface area contributed by atoms with Crippen LogP contribution in [0.5, 0.6) is 0 Å². The first kappa shape index (κ1) is 13.1. The van der Waals surface area contributed by atoms with E-state index >= 15 is 0 Å². The number of anilines is 3. The van der Waals surface area contributed by atoms with E-state index in [0.29, 0.717) is 0 Å². The Morgan fingerprint density at radius 3 is 2.77 bits per heavy atom. The van der Waals surface area contributed by atoms with Gasteiger partial charge in [0.05, 0.1) is 28.5 Å². The fourth-order valence-electron chi connectivity index (χ4n) is 2.95. The van der Waals surface area contributed by atoms with E-state index in [1.54, 1.807) is 6.20 Å². The third-order valence-electron chi connectivity index (χ3n) is 4.10. The lowest BCUT2D eigenvalue weighted by Crippen LogP contribution is -2.18. The number of aryl methyl sites for hydroxylation is 1. The van der Waals surface area contributed by atoms with Gasteiger partial charge in [-0.3, -0.25) is 5.10 Å². The van der Waals surface area contributed by atoms with Gasteiger partial charge in [-0.15, -0.1) is 0 Å². The van der Waals surface area contributed by atoms with E-state index in [4.69, 9.17) is 0 Å². The van der Waals surface area contributed by atoms with Crippen LogP contribution in [-0.2, 0) is 0 Å². The molecule has 112 valence electrons. The summed E-state index contributed by atoms with van der Waals surface area (Å²) >= 11 is 0. The Kier molecular flexibility index (Phi) is 3.14. The van der Waals surface area contributed by atoms with Gasteiger partial charge in [0.25, 0.3) is 0 Å². The van der Waals surface area contributed by atoms with Crippen LogP contribution in [0, 0.1) is 6.92 Å². The molecule has 0 atom stereocenters. The summed E-state index contributed by atoms with van der Waals surface area (Å²) in [6.45, 7) is 4.18. The van der Waals surface area contributed by atoms with Gasteiger partial charge in [0.1, 0.15) is 11.6 Å². The minimum atomic E-state index is 0.805. The first-order chi connectivity index (χ1) is 10.8. The van der Waals surface area contributed by atoms with Crippen LogP contribution in [-0.4, -0.2) is 33.3 Å². The van der Waals surface area contributed by atoms with Crippen molar-refractivity contribution < 1.29 is 0 Å². The number of nitrogens with one attached hydrogen (secondary N) is 2. The average Bonchev–Trinajstić information content (AvgIpc) is 3.19. The number of rotatable bonds is 3. The van der Waals surface area contributed by atoms with E-state index in [1.807, 2.05) is 19.2 Å². The average molecular weight is 294 g/mol. The summed E-state index contributed by atoms with van der Waals surface area (Å²) in [6, 6.07) is 6.04. The third-order valence-corrected chi connectivity index (χ3v) is 4.10. The molecule has 0 radical (unpaired) electrons. The molecule has 0 spiro atoms. The largest absolute Gasteiger partial charge is 0.357 e. The van der Waals surface area contributed by atoms with Gasteiger partial charge in [-0.25, -0.2) is 9.97 Å². The molecule has 0 amide bonds.